The van der Waals surface area contributed by atoms with Gasteiger partial charge in [-0.25, -0.2) is 0 Å². The fourth-order valence-electron chi connectivity index (χ4n) is 9.73. The van der Waals surface area contributed by atoms with Crippen molar-refractivity contribution in [3.63, 3.8) is 0 Å². The molecule has 11 aromatic rings. The molecule has 0 atom stereocenters. The average molecular weight is 744 g/mol. The summed E-state index contributed by atoms with van der Waals surface area (Å²) in [6.45, 7) is 4.69. The smallest absolute Gasteiger partial charge is 0.159 e. The lowest BCUT2D eigenvalue weighted by Crippen LogP contribution is -2.17. The third-order valence-corrected chi connectivity index (χ3v) is 12.5. The molecular formula is C55H37NO2. The van der Waals surface area contributed by atoms with Crippen LogP contribution in [0.3, 0.4) is 0 Å². The van der Waals surface area contributed by atoms with Gasteiger partial charge in [-0.05, 0) is 86.8 Å². The lowest BCUT2D eigenvalue weighted by molar-refractivity contribution is 0.660. The summed E-state index contributed by atoms with van der Waals surface area (Å²) in [5, 5.41) is 6.62. The summed E-state index contributed by atoms with van der Waals surface area (Å²) in [5.74, 6) is 0. The number of hydrogen-bond acceptors (Lipinski definition) is 3. The van der Waals surface area contributed by atoms with E-state index in [1.54, 1.807) is 0 Å². The van der Waals surface area contributed by atoms with Gasteiger partial charge in [-0.2, -0.15) is 0 Å². The normalized spacial score (nSPS) is 13.1. The molecule has 3 nitrogen and oxygen atoms in total. The van der Waals surface area contributed by atoms with Gasteiger partial charge in [0.2, 0.25) is 0 Å². The highest BCUT2D eigenvalue weighted by Gasteiger charge is 2.36. The number of anilines is 3. The van der Waals surface area contributed by atoms with Crippen LogP contribution in [-0.4, -0.2) is 0 Å². The molecule has 0 spiro atoms. The Balaban J connectivity index is 1.19. The maximum absolute atomic E-state index is 7.24. The van der Waals surface area contributed by atoms with E-state index < -0.39 is 0 Å². The molecule has 9 aromatic carbocycles. The van der Waals surface area contributed by atoms with Crippen molar-refractivity contribution >= 4 is 71.7 Å². The SMILES string of the molecule is CC1(C)c2ccccc2-c2ccc(N(c3ccc4c(oc5c6ccccc6c(-c6ccccc6)cc45)c3-c3ccccc3)c3cccc4c3oc3ccccc34)cc21. The third kappa shape index (κ3) is 4.68. The topological polar surface area (TPSA) is 29.5 Å². The molecule has 2 heterocycles. The number of benzene rings is 9. The first-order valence-electron chi connectivity index (χ1n) is 20.0. The molecule has 12 rings (SSSR count). The fraction of sp³-hybridized carbons (Fsp3) is 0.0545. The predicted octanol–water partition coefficient (Wildman–Crippen LogP) is 15.7. The second-order valence-corrected chi connectivity index (χ2v) is 16.0. The Morgan fingerprint density at radius 1 is 0.379 bits per heavy atom. The summed E-state index contributed by atoms with van der Waals surface area (Å²) >= 11 is 0. The maximum atomic E-state index is 7.24. The zero-order chi connectivity index (χ0) is 38.5. The quantitative estimate of drug-likeness (QED) is 0.176. The predicted molar refractivity (Wildman–Crippen MR) is 242 cm³/mol. The zero-order valence-electron chi connectivity index (χ0n) is 32.2. The summed E-state index contributed by atoms with van der Waals surface area (Å²) in [6, 6.07) is 67.5. The summed E-state index contributed by atoms with van der Waals surface area (Å²) in [6.07, 6.45) is 0. The maximum Gasteiger partial charge on any atom is 0.159 e. The number of hydrogen-bond donors (Lipinski definition) is 0. The van der Waals surface area contributed by atoms with Gasteiger partial charge in [-0.15, -0.1) is 0 Å². The second-order valence-electron chi connectivity index (χ2n) is 16.0. The standard InChI is InChI=1S/C55H37NO2/c1-55(2)46-25-13-11-21-38(46)39-29-28-36(32-47(39)55)56(49-26-15-24-42-40-22-12-14-27-50(40)57-53(42)49)48-31-30-43-45-33-44(34-16-5-3-6-17-34)37-20-9-10-23-41(37)52(45)58-54(43)51(48)35-18-7-4-8-19-35/h3-33H,1-2H3. The van der Waals surface area contributed by atoms with Crippen LogP contribution in [0, 0.1) is 0 Å². The van der Waals surface area contributed by atoms with Gasteiger partial charge in [0.05, 0.1) is 11.4 Å². The Labute approximate surface area is 336 Å². The molecule has 1 aliphatic rings. The van der Waals surface area contributed by atoms with Crippen LogP contribution in [-0.2, 0) is 5.41 Å². The molecule has 0 aliphatic heterocycles. The number of fused-ring (bicyclic) bond motifs is 11. The first-order chi connectivity index (χ1) is 28.5. The lowest BCUT2D eigenvalue weighted by Gasteiger charge is -2.29. The Hall–Kier alpha value is -7.36. The van der Waals surface area contributed by atoms with Gasteiger partial charge in [0.25, 0.3) is 0 Å². The van der Waals surface area contributed by atoms with Gasteiger partial charge >= 0.3 is 0 Å². The number of nitrogens with zero attached hydrogens (tertiary/aromatic N) is 1. The Morgan fingerprint density at radius 3 is 1.84 bits per heavy atom. The largest absolute Gasteiger partial charge is 0.455 e. The van der Waals surface area contributed by atoms with E-state index in [1.165, 1.54) is 38.8 Å². The van der Waals surface area contributed by atoms with Gasteiger partial charge in [-0.3, -0.25) is 0 Å². The highest BCUT2D eigenvalue weighted by Crippen LogP contribution is 2.54. The van der Waals surface area contributed by atoms with Crippen LogP contribution in [0.5, 0.6) is 0 Å². The van der Waals surface area contributed by atoms with Gasteiger partial charge in [0, 0.05) is 43.6 Å². The van der Waals surface area contributed by atoms with Crippen molar-refractivity contribution in [2.45, 2.75) is 19.3 Å². The molecule has 0 fully saturated rings. The molecular weight excluding hydrogens is 707 g/mol. The van der Waals surface area contributed by atoms with Crippen molar-refractivity contribution in [2.75, 3.05) is 4.90 Å². The summed E-state index contributed by atoms with van der Waals surface area (Å²) in [5.41, 5.74) is 16.0. The van der Waals surface area contributed by atoms with Crippen LogP contribution in [0.25, 0.3) is 88.0 Å². The number of rotatable bonds is 5. The van der Waals surface area contributed by atoms with Crippen LogP contribution in [0.2, 0.25) is 0 Å². The minimum Gasteiger partial charge on any atom is -0.455 e. The fourth-order valence-corrected chi connectivity index (χ4v) is 9.73. The zero-order valence-corrected chi connectivity index (χ0v) is 32.2. The van der Waals surface area contributed by atoms with E-state index in [0.29, 0.717) is 0 Å². The van der Waals surface area contributed by atoms with Crippen LogP contribution < -0.4 is 4.90 Å². The lowest BCUT2D eigenvalue weighted by atomic mass is 9.82. The van der Waals surface area contributed by atoms with Crippen LogP contribution in [0.4, 0.5) is 17.1 Å². The summed E-state index contributed by atoms with van der Waals surface area (Å²) < 4.78 is 14.1. The first-order valence-corrected chi connectivity index (χ1v) is 20.0. The van der Waals surface area contributed by atoms with Crippen molar-refractivity contribution in [3.8, 4) is 33.4 Å². The van der Waals surface area contributed by atoms with Crippen molar-refractivity contribution in [1.29, 1.82) is 0 Å². The summed E-state index contributed by atoms with van der Waals surface area (Å²) in [4.78, 5) is 2.40. The Bertz CT molecular complexity index is 3430. The van der Waals surface area contributed by atoms with Crippen LogP contribution in [0.1, 0.15) is 25.0 Å². The minimum absolute atomic E-state index is 0.179. The molecule has 58 heavy (non-hydrogen) atoms. The van der Waals surface area contributed by atoms with E-state index in [0.717, 1.165) is 77.5 Å². The van der Waals surface area contributed by atoms with Crippen LogP contribution >= 0.6 is 0 Å². The van der Waals surface area contributed by atoms with E-state index in [1.807, 2.05) is 6.07 Å². The monoisotopic (exact) mass is 743 g/mol. The molecule has 1 aliphatic carbocycles. The molecule has 0 radical (unpaired) electrons. The molecule has 0 saturated heterocycles. The van der Waals surface area contributed by atoms with Gasteiger partial charge < -0.3 is 13.7 Å². The molecule has 0 unspecified atom stereocenters. The molecule has 0 amide bonds. The number of furan rings is 2. The van der Waals surface area contributed by atoms with E-state index in [-0.39, 0.29) is 5.41 Å². The van der Waals surface area contributed by atoms with Crippen molar-refractivity contribution < 1.29 is 8.83 Å². The molecule has 274 valence electrons. The average Bonchev–Trinajstić information content (AvgIpc) is 3.92. The van der Waals surface area contributed by atoms with Crippen molar-refractivity contribution in [2.24, 2.45) is 0 Å². The molecule has 0 bridgehead atoms. The van der Waals surface area contributed by atoms with Crippen LogP contribution in [0.15, 0.2) is 197 Å². The van der Waals surface area contributed by atoms with E-state index in [2.05, 4.69) is 201 Å². The molecule has 0 N–H and O–H groups in total. The van der Waals surface area contributed by atoms with Crippen molar-refractivity contribution in [3.05, 3.63) is 199 Å². The van der Waals surface area contributed by atoms with E-state index in [4.69, 9.17) is 8.83 Å². The highest BCUT2D eigenvalue weighted by molar-refractivity contribution is 6.22. The molecule has 2 aromatic heterocycles. The van der Waals surface area contributed by atoms with E-state index >= 15 is 0 Å². The number of para-hydroxylation sites is 2. The second kappa shape index (κ2) is 12.3. The van der Waals surface area contributed by atoms with Gasteiger partial charge in [0.15, 0.2) is 5.58 Å². The third-order valence-electron chi connectivity index (χ3n) is 12.5. The Morgan fingerprint density at radius 2 is 1.02 bits per heavy atom. The first kappa shape index (κ1) is 32.8. The van der Waals surface area contributed by atoms with Crippen molar-refractivity contribution in [1.82, 2.24) is 0 Å². The van der Waals surface area contributed by atoms with E-state index in [9.17, 15) is 0 Å². The summed E-state index contributed by atoms with van der Waals surface area (Å²) in [7, 11) is 0. The van der Waals surface area contributed by atoms with Gasteiger partial charge in [0.1, 0.15) is 16.7 Å². The minimum atomic E-state index is -0.179. The highest BCUT2D eigenvalue weighted by atomic mass is 16.3. The molecule has 3 heteroatoms. The molecule has 0 saturated carbocycles. The Kier molecular flexibility index (Phi) is 6.98. The van der Waals surface area contributed by atoms with Gasteiger partial charge in [-0.1, -0.05) is 159 Å².